The first kappa shape index (κ1) is 22.2. The molecule has 1 atom stereocenters. The first-order valence-corrected chi connectivity index (χ1v) is 8.74. The van der Waals surface area contributed by atoms with E-state index in [0.717, 1.165) is 45.2 Å². The van der Waals surface area contributed by atoms with Gasteiger partial charge in [-0.3, -0.25) is 9.59 Å². The van der Waals surface area contributed by atoms with Crippen molar-refractivity contribution in [3.05, 3.63) is 0 Å². The molecule has 3 N–H and O–H groups in total. The molecule has 0 radical (unpaired) electrons. The number of carbonyl (C=O) groups excluding carboxylic acids is 2. The van der Waals surface area contributed by atoms with Crippen molar-refractivity contribution in [2.75, 3.05) is 13.1 Å². The standard InChI is InChI=1S/C17H33N3O2.ClH/c1-5-10-17(4,18)16(22)19-14-8-11-20(12-9-14)15(21)13(6-2)7-3;/h13-14H,5-12,18H2,1-4H3,(H,19,22);1H. The molecule has 1 aliphatic rings. The highest BCUT2D eigenvalue weighted by Gasteiger charge is 2.31. The fraction of sp³-hybridized carbons (Fsp3) is 0.882. The maximum atomic E-state index is 12.4. The van der Waals surface area contributed by atoms with Gasteiger partial charge in [-0.2, -0.15) is 0 Å². The topological polar surface area (TPSA) is 75.4 Å². The second-order valence-electron chi connectivity index (χ2n) is 6.75. The molecule has 0 aliphatic carbocycles. The molecule has 136 valence electrons. The van der Waals surface area contributed by atoms with E-state index in [1.165, 1.54) is 0 Å². The van der Waals surface area contributed by atoms with E-state index in [9.17, 15) is 9.59 Å². The second-order valence-corrected chi connectivity index (χ2v) is 6.75. The van der Waals surface area contributed by atoms with Gasteiger partial charge in [-0.25, -0.2) is 0 Å². The lowest BCUT2D eigenvalue weighted by Gasteiger charge is -2.35. The summed E-state index contributed by atoms with van der Waals surface area (Å²) in [7, 11) is 0. The summed E-state index contributed by atoms with van der Waals surface area (Å²) in [6.07, 6.45) is 5.01. The molecule has 1 fully saturated rings. The van der Waals surface area contributed by atoms with E-state index in [2.05, 4.69) is 19.2 Å². The molecular weight excluding hydrogens is 314 g/mol. The number of halogens is 1. The Kier molecular flexibility index (Phi) is 9.78. The minimum atomic E-state index is -0.794. The molecule has 0 saturated carbocycles. The van der Waals surface area contributed by atoms with Crippen LogP contribution in [0.2, 0.25) is 0 Å². The van der Waals surface area contributed by atoms with Crippen LogP contribution in [-0.4, -0.2) is 41.4 Å². The summed E-state index contributed by atoms with van der Waals surface area (Å²) in [5.74, 6) is 0.339. The van der Waals surface area contributed by atoms with Gasteiger partial charge in [-0.15, -0.1) is 12.4 Å². The molecule has 0 aromatic carbocycles. The Morgan fingerprint density at radius 2 is 1.74 bits per heavy atom. The number of hydrogen-bond acceptors (Lipinski definition) is 3. The van der Waals surface area contributed by atoms with Gasteiger partial charge < -0.3 is 16.0 Å². The Labute approximate surface area is 147 Å². The number of likely N-dealkylation sites (tertiary alicyclic amines) is 1. The number of nitrogens with one attached hydrogen (secondary N) is 1. The smallest absolute Gasteiger partial charge is 0.240 e. The first-order valence-electron chi connectivity index (χ1n) is 8.74. The zero-order valence-corrected chi connectivity index (χ0v) is 15.9. The minimum Gasteiger partial charge on any atom is -0.352 e. The largest absolute Gasteiger partial charge is 0.352 e. The van der Waals surface area contributed by atoms with E-state index in [0.29, 0.717) is 6.42 Å². The molecule has 23 heavy (non-hydrogen) atoms. The van der Waals surface area contributed by atoms with Gasteiger partial charge in [0.25, 0.3) is 0 Å². The van der Waals surface area contributed by atoms with Crippen molar-refractivity contribution in [1.82, 2.24) is 10.2 Å². The maximum Gasteiger partial charge on any atom is 0.240 e. The predicted molar refractivity (Wildman–Crippen MR) is 96.6 cm³/mol. The van der Waals surface area contributed by atoms with E-state index in [-0.39, 0.29) is 36.2 Å². The number of carbonyl (C=O) groups is 2. The van der Waals surface area contributed by atoms with Crippen molar-refractivity contribution in [2.45, 2.75) is 77.8 Å². The lowest BCUT2D eigenvalue weighted by atomic mass is 9.94. The van der Waals surface area contributed by atoms with Crippen LogP contribution in [0.4, 0.5) is 0 Å². The average Bonchev–Trinajstić information content (AvgIpc) is 2.49. The van der Waals surface area contributed by atoms with Crippen molar-refractivity contribution in [3.63, 3.8) is 0 Å². The van der Waals surface area contributed by atoms with Crippen LogP contribution in [-0.2, 0) is 9.59 Å². The summed E-state index contributed by atoms with van der Waals surface area (Å²) in [6, 6.07) is 0.137. The van der Waals surface area contributed by atoms with E-state index in [1.54, 1.807) is 6.92 Å². The molecule has 0 aromatic heterocycles. The summed E-state index contributed by atoms with van der Waals surface area (Å²) in [5.41, 5.74) is 5.27. The molecule has 0 aromatic rings. The summed E-state index contributed by atoms with van der Waals surface area (Å²) in [6.45, 7) is 9.41. The summed E-state index contributed by atoms with van der Waals surface area (Å²) in [5, 5.41) is 3.06. The van der Waals surface area contributed by atoms with Crippen LogP contribution in [0, 0.1) is 5.92 Å². The molecule has 0 bridgehead atoms. The summed E-state index contributed by atoms with van der Waals surface area (Å²) < 4.78 is 0. The van der Waals surface area contributed by atoms with Gasteiger partial charge in [-0.05, 0) is 39.0 Å². The Hall–Kier alpha value is -0.810. The number of hydrogen-bond donors (Lipinski definition) is 2. The van der Waals surface area contributed by atoms with Crippen LogP contribution in [0.1, 0.15) is 66.2 Å². The Bertz CT molecular complexity index is 376. The number of nitrogens with two attached hydrogens (primary N) is 1. The SMILES string of the molecule is CCCC(C)(N)C(=O)NC1CCN(C(=O)C(CC)CC)CC1.Cl. The van der Waals surface area contributed by atoms with Gasteiger partial charge in [0.05, 0.1) is 5.54 Å². The molecule has 1 aliphatic heterocycles. The van der Waals surface area contributed by atoms with E-state index in [4.69, 9.17) is 5.73 Å². The van der Waals surface area contributed by atoms with Crippen LogP contribution < -0.4 is 11.1 Å². The number of piperidine rings is 1. The first-order chi connectivity index (χ1) is 10.4. The predicted octanol–water partition coefficient (Wildman–Crippen LogP) is 2.47. The van der Waals surface area contributed by atoms with Gasteiger partial charge in [0, 0.05) is 25.0 Å². The van der Waals surface area contributed by atoms with Gasteiger partial charge in [-0.1, -0.05) is 27.2 Å². The maximum absolute atomic E-state index is 12.4. The fourth-order valence-corrected chi connectivity index (χ4v) is 3.12. The van der Waals surface area contributed by atoms with Crippen LogP contribution in [0.15, 0.2) is 0 Å². The molecule has 5 nitrogen and oxygen atoms in total. The molecule has 1 heterocycles. The highest BCUT2D eigenvalue weighted by Crippen LogP contribution is 2.18. The zero-order chi connectivity index (χ0) is 16.8. The molecule has 1 unspecified atom stereocenters. The van der Waals surface area contributed by atoms with Gasteiger partial charge in [0.1, 0.15) is 0 Å². The van der Waals surface area contributed by atoms with Crippen molar-refractivity contribution in [1.29, 1.82) is 0 Å². The van der Waals surface area contributed by atoms with Crippen LogP contribution in [0.25, 0.3) is 0 Å². The Balaban J connectivity index is 0.00000484. The third-order valence-electron chi connectivity index (χ3n) is 4.76. The number of rotatable bonds is 7. The number of amides is 2. The molecule has 6 heteroatoms. The molecule has 1 saturated heterocycles. The molecule has 0 spiro atoms. The quantitative estimate of drug-likeness (QED) is 0.742. The average molecular weight is 348 g/mol. The fourth-order valence-electron chi connectivity index (χ4n) is 3.12. The third kappa shape index (κ3) is 6.30. The normalized spacial score (nSPS) is 18.3. The summed E-state index contributed by atoms with van der Waals surface area (Å²) in [4.78, 5) is 26.5. The highest BCUT2D eigenvalue weighted by molar-refractivity contribution is 5.86. The zero-order valence-electron chi connectivity index (χ0n) is 15.1. The highest BCUT2D eigenvalue weighted by atomic mass is 35.5. The third-order valence-corrected chi connectivity index (χ3v) is 4.76. The second kappa shape index (κ2) is 10.1. The van der Waals surface area contributed by atoms with Gasteiger partial charge in [0.15, 0.2) is 0 Å². The summed E-state index contributed by atoms with van der Waals surface area (Å²) >= 11 is 0. The van der Waals surface area contributed by atoms with Gasteiger partial charge in [0.2, 0.25) is 11.8 Å². The molecule has 2 amide bonds. The monoisotopic (exact) mass is 347 g/mol. The van der Waals surface area contributed by atoms with Crippen LogP contribution >= 0.6 is 12.4 Å². The van der Waals surface area contributed by atoms with E-state index < -0.39 is 5.54 Å². The van der Waals surface area contributed by atoms with Crippen LogP contribution in [0.3, 0.4) is 0 Å². The lowest BCUT2D eigenvalue weighted by molar-refractivity contribution is -0.137. The molecule has 1 rings (SSSR count). The van der Waals surface area contributed by atoms with Crippen molar-refractivity contribution in [2.24, 2.45) is 11.7 Å². The van der Waals surface area contributed by atoms with E-state index >= 15 is 0 Å². The van der Waals surface area contributed by atoms with Crippen molar-refractivity contribution in [3.8, 4) is 0 Å². The minimum absolute atomic E-state index is 0. The lowest BCUT2D eigenvalue weighted by Crippen LogP contribution is -2.56. The number of nitrogens with zero attached hydrogens (tertiary/aromatic N) is 1. The van der Waals surface area contributed by atoms with Gasteiger partial charge >= 0.3 is 0 Å². The molecular formula is C17H34ClN3O2. The van der Waals surface area contributed by atoms with Crippen molar-refractivity contribution >= 4 is 24.2 Å². The van der Waals surface area contributed by atoms with Crippen LogP contribution in [0.5, 0.6) is 0 Å². The Morgan fingerprint density at radius 3 is 2.17 bits per heavy atom. The van der Waals surface area contributed by atoms with E-state index in [1.807, 2.05) is 11.8 Å². The van der Waals surface area contributed by atoms with Crippen molar-refractivity contribution < 1.29 is 9.59 Å². The Morgan fingerprint density at radius 1 is 1.22 bits per heavy atom.